The monoisotopic (exact) mass is 415 g/mol. The molecule has 0 saturated heterocycles. The van der Waals surface area contributed by atoms with Crippen molar-refractivity contribution in [2.24, 2.45) is 0 Å². The number of pyridine rings is 1. The van der Waals surface area contributed by atoms with E-state index in [-0.39, 0.29) is 17.8 Å². The van der Waals surface area contributed by atoms with Gasteiger partial charge in [-0.3, -0.25) is 9.48 Å². The van der Waals surface area contributed by atoms with Crippen molar-refractivity contribution >= 4 is 23.2 Å². The molecule has 0 fully saturated rings. The Balaban J connectivity index is 2.07. The summed E-state index contributed by atoms with van der Waals surface area (Å²) in [5.74, 6) is -3.53. The smallest absolute Gasteiger partial charge is 0.303 e. The van der Waals surface area contributed by atoms with E-state index in [4.69, 9.17) is 0 Å². The topological polar surface area (TPSA) is 97.6 Å². The number of halogens is 2. The molecular formula is C20H23F2N7O. The van der Waals surface area contributed by atoms with Crippen LogP contribution in [0, 0.1) is 6.92 Å². The number of amides is 1. The first-order chi connectivity index (χ1) is 14.0. The van der Waals surface area contributed by atoms with Crippen molar-refractivity contribution in [1.82, 2.24) is 24.7 Å². The Morgan fingerprint density at radius 2 is 1.93 bits per heavy atom. The zero-order valence-electron chi connectivity index (χ0n) is 17.4. The summed E-state index contributed by atoms with van der Waals surface area (Å²) >= 11 is 0. The van der Waals surface area contributed by atoms with Crippen LogP contribution < -0.4 is 10.6 Å². The quantitative estimate of drug-likeness (QED) is 0.618. The average molecular weight is 415 g/mol. The second-order valence-corrected chi connectivity index (χ2v) is 7.30. The van der Waals surface area contributed by atoms with Crippen molar-refractivity contribution in [2.45, 2.75) is 46.6 Å². The van der Waals surface area contributed by atoms with Crippen LogP contribution >= 0.6 is 0 Å². The molecular weight excluding hydrogens is 392 g/mol. The van der Waals surface area contributed by atoms with Crippen LogP contribution in [0.3, 0.4) is 0 Å². The first-order valence-electron chi connectivity index (χ1n) is 9.37. The van der Waals surface area contributed by atoms with Crippen molar-refractivity contribution < 1.29 is 13.6 Å². The Hall–Kier alpha value is -3.43. The van der Waals surface area contributed by atoms with Crippen LogP contribution in [0.4, 0.5) is 26.1 Å². The zero-order valence-corrected chi connectivity index (χ0v) is 17.4. The van der Waals surface area contributed by atoms with Crippen molar-refractivity contribution in [3.05, 3.63) is 42.1 Å². The number of aromatic nitrogens is 5. The molecule has 0 bridgehead atoms. The molecule has 3 aromatic rings. The Bertz CT molecular complexity index is 1070. The first kappa shape index (κ1) is 21.3. The number of carbonyl (C=O) groups is 1. The van der Waals surface area contributed by atoms with Gasteiger partial charge in [-0.15, -0.1) is 0 Å². The molecule has 3 heterocycles. The molecule has 0 aliphatic heterocycles. The number of nitrogens with one attached hydrogen (secondary N) is 2. The standard InChI is InChI=1S/C20H23F2N7O/c1-11(2)29-7-6-15(28-29)14-10-23-17(25-13(4)30)9-16(14)26-18-8-12(3)24-19(27-18)20(5,21)22/h6-11H,1-5H3,(H2,23,24,25,26,27,30). The van der Waals surface area contributed by atoms with Crippen LogP contribution in [0.2, 0.25) is 0 Å². The van der Waals surface area contributed by atoms with Crippen molar-refractivity contribution in [3.63, 3.8) is 0 Å². The molecule has 10 heteroatoms. The number of aryl methyl sites for hydroxylation is 1. The molecule has 30 heavy (non-hydrogen) atoms. The molecule has 0 spiro atoms. The SMILES string of the molecule is CC(=O)Nc1cc(Nc2cc(C)nc(C(C)(F)F)n2)c(-c2ccn(C(C)C)n2)cn1. The largest absolute Gasteiger partial charge is 0.339 e. The highest BCUT2D eigenvalue weighted by molar-refractivity contribution is 5.89. The van der Waals surface area contributed by atoms with Crippen LogP contribution in [0.5, 0.6) is 0 Å². The van der Waals surface area contributed by atoms with Crippen LogP contribution in [-0.2, 0) is 10.7 Å². The van der Waals surface area contributed by atoms with Gasteiger partial charge in [-0.2, -0.15) is 13.9 Å². The summed E-state index contributed by atoms with van der Waals surface area (Å²) in [5, 5.41) is 10.2. The number of alkyl halides is 2. The van der Waals surface area contributed by atoms with Crippen LogP contribution in [0.25, 0.3) is 11.3 Å². The van der Waals surface area contributed by atoms with Gasteiger partial charge in [0.25, 0.3) is 0 Å². The van der Waals surface area contributed by atoms with Gasteiger partial charge >= 0.3 is 5.92 Å². The van der Waals surface area contributed by atoms with Crippen LogP contribution in [-0.4, -0.2) is 30.6 Å². The highest BCUT2D eigenvalue weighted by atomic mass is 19.3. The summed E-state index contributed by atoms with van der Waals surface area (Å²) in [4.78, 5) is 23.5. The zero-order chi connectivity index (χ0) is 22.1. The van der Waals surface area contributed by atoms with E-state index in [0.29, 0.717) is 28.5 Å². The second kappa shape index (κ2) is 8.13. The van der Waals surface area contributed by atoms with E-state index in [0.717, 1.165) is 6.92 Å². The maximum Gasteiger partial charge on any atom is 0.303 e. The van der Waals surface area contributed by atoms with E-state index >= 15 is 0 Å². The average Bonchev–Trinajstić information content (AvgIpc) is 3.10. The molecule has 0 aromatic carbocycles. The summed E-state index contributed by atoms with van der Waals surface area (Å²) in [6, 6.07) is 5.16. The minimum Gasteiger partial charge on any atom is -0.339 e. The van der Waals surface area contributed by atoms with Gasteiger partial charge in [0, 0.05) is 55.7 Å². The third-order valence-electron chi connectivity index (χ3n) is 4.13. The maximum atomic E-state index is 13.8. The predicted molar refractivity (Wildman–Crippen MR) is 110 cm³/mol. The van der Waals surface area contributed by atoms with Gasteiger partial charge in [-0.25, -0.2) is 15.0 Å². The molecule has 0 aliphatic rings. The number of nitrogens with zero attached hydrogens (tertiary/aromatic N) is 5. The third-order valence-corrected chi connectivity index (χ3v) is 4.13. The molecule has 8 nitrogen and oxygen atoms in total. The lowest BCUT2D eigenvalue weighted by molar-refractivity contribution is -0.114. The molecule has 3 aromatic heterocycles. The van der Waals surface area contributed by atoms with Gasteiger partial charge in [0.05, 0.1) is 11.4 Å². The Morgan fingerprint density at radius 1 is 1.20 bits per heavy atom. The Labute approximate surface area is 172 Å². The van der Waals surface area contributed by atoms with Crippen LogP contribution in [0.1, 0.15) is 45.3 Å². The van der Waals surface area contributed by atoms with E-state index in [1.807, 2.05) is 26.1 Å². The summed E-state index contributed by atoms with van der Waals surface area (Å²) in [6.07, 6.45) is 3.40. The van der Waals surface area contributed by atoms with Gasteiger partial charge < -0.3 is 10.6 Å². The Morgan fingerprint density at radius 3 is 2.53 bits per heavy atom. The second-order valence-electron chi connectivity index (χ2n) is 7.30. The van der Waals surface area contributed by atoms with Crippen molar-refractivity contribution in [1.29, 1.82) is 0 Å². The van der Waals surface area contributed by atoms with E-state index in [2.05, 4.69) is 30.7 Å². The number of hydrogen-bond donors (Lipinski definition) is 2. The van der Waals surface area contributed by atoms with E-state index in [1.54, 1.807) is 29.9 Å². The van der Waals surface area contributed by atoms with E-state index in [9.17, 15) is 13.6 Å². The minimum atomic E-state index is -3.18. The maximum absolute atomic E-state index is 13.8. The fourth-order valence-corrected chi connectivity index (χ4v) is 2.75. The molecule has 3 rings (SSSR count). The molecule has 1 amide bonds. The summed E-state index contributed by atoms with van der Waals surface area (Å²) in [6.45, 7) is 7.74. The van der Waals surface area contributed by atoms with Gasteiger partial charge in [-0.1, -0.05) is 0 Å². The van der Waals surface area contributed by atoms with Gasteiger partial charge in [0.2, 0.25) is 11.7 Å². The number of rotatable bonds is 6. The summed E-state index contributed by atoms with van der Waals surface area (Å²) in [5.41, 5.74) is 2.17. The first-order valence-corrected chi connectivity index (χ1v) is 9.37. The summed E-state index contributed by atoms with van der Waals surface area (Å²) < 4.78 is 29.3. The molecule has 0 radical (unpaired) electrons. The highest BCUT2D eigenvalue weighted by Gasteiger charge is 2.29. The van der Waals surface area contributed by atoms with Gasteiger partial charge in [0.1, 0.15) is 11.6 Å². The third kappa shape index (κ3) is 4.94. The normalized spacial score (nSPS) is 11.6. The molecule has 0 aliphatic carbocycles. The molecule has 158 valence electrons. The van der Waals surface area contributed by atoms with E-state index < -0.39 is 11.7 Å². The lowest BCUT2D eigenvalue weighted by atomic mass is 10.1. The molecule has 2 N–H and O–H groups in total. The molecule has 0 unspecified atom stereocenters. The number of anilines is 3. The number of hydrogen-bond acceptors (Lipinski definition) is 6. The predicted octanol–water partition coefficient (Wildman–Crippen LogP) is 4.44. The lowest BCUT2D eigenvalue weighted by Gasteiger charge is -2.15. The van der Waals surface area contributed by atoms with Gasteiger partial charge in [-0.05, 0) is 26.8 Å². The van der Waals surface area contributed by atoms with E-state index in [1.165, 1.54) is 6.92 Å². The van der Waals surface area contributed by atoms with Crippen molar-refractivity contribution in [2.75, 3.05) is 10.6 Å². The van der Waals surface area contributed by atoms with Gasteiger partial charge in [0.15, 0.2) is 0 Å². The fourth-order valence-electron chi connectivity index (χ4n) is 2.75. The molecule has 0 atom stereocenters. The summed E-state index contributed by atoms with van der Waals surface area (Å²) in [7, 11) is 0. The highest BCUT2D eigenvalue weighted by Crippen LogP contribution is 2.32. The Kier molecular flexibility index (Phi) is 5.77. The minimum absolute atomic E-state index is 0.167. The fraction of sp³-hybridized carbons (Fsp3) is 0.350. The van der Waals surface area contributed by atoms with Crippen molar-refractivity contribution in [3.8, 4) is 11.3 Å². The number of carbonyl (C=O) groups excluding carboxylic acids is 1. The molecule has 0 saturated carbocycles. The van der Waals surface area contributed by atoms with Crippen LogP contribution in [0.15, 0.2) is 30.6 Å². The lowest BCUT2D eigenvalue weighted by Crippen LogP contribution is -2.14.